The molecule has 18 heavy (non-hydrogen) atoms. The highest BCUT2D eigenvalue weighted by molar-refractivity contribution is 6.30. The summed E-state index contributed by atoms with van der Waals surface area (Å²) in [5.74, 6) is -3.22. The fourth-order valence-corrected chi connectivity index (χ4v) is 1.01. The molecule has 0 saturated carbocycles. The van der Waals surface area contributed by atoms with Crippen molar-refractivity contribution in [1.29, 1.82) is 0 Å². The predicted octanol–water partition coefficient (Wildman–Crippen LogP) is 0.681. The van der Waals surface area contributed by atoms with Gasteiger partial charge in [0.2, 0.25) is 0 Å². The molecule has 0 atom stereocenters. The van der Waals surface area contributed by atoms with Crippen LogP contribution >= 0.6 is 0 Å². The summed E-state index contributed by atoms with van der Waals surface area (Å²) in [6.45, 7) is 0. The Morgan fingerprint density at radius 2 is 1.89 bits per heavy atom. The summed E-state index contributed by atoms with van der Waals surface area (Å²) in [5, 5.41) is 32.4. The Bertz CT molecular complexity index is 524. The number of nitro benzene ring substituents is 1. The van der Waals surface area contributed by atoms with Gasteiger partial charge in [0.25, 0.3) is 5.69 Å². The molecule has 1 aromatic rings. The van der Waals surface area contributed by atoms with Crippen molar-refractivity contribution < 1.29 is 19.7 Å². The molecule has 1 aromatic carbocycles. The van der Waals surface area contributed by atoms with E-state index in [1.807, 2.05) is 5.43 Å². The van der Waals surface area contributed by atoms with Crippen molar-refractivity contribution in [1.82, 2.24) is 0 Å². The van der Waals surface area contributed by atoms with Gasteiger partial charge in [-0.1, -0.05) is 12.1 Å². The minimum atomic E-state index is -1.86. The van der Waals surface area contributed by atoms with Crippen LogP contribution < -0.4 is 5.43 Å². The fourth-order valence-electron chi connectivity index (χ4n) is 1.01. The van der Waals surface area contributed by atoms with Crippen LogP contribution in [0.4, 0.5) is 11.4 Å². The van der Waals surface area contributed by atoms with Gasteiger partial charge in [0.1, 0.15) is 0 Å². The number of rotatable bonds is 3. The monoisotopic (exact) mass is 254 g/mol. The number of aliphatic carboxylic acids is 1. The number of benzene rings is 1. The van der Waals surface area contributed by atoms with Gasteiger partial charge in [-0.2, -0.15) is 5.43 Å². The van der Waals surface area contributed by atoms with E-state index >= 15 is 0 Å². The molecule has 1 rings (SSSR count). The molecule has 0 aliphatic rings. The lowest BCUT2D eigenvalue weighted by Gasteiger charge is -1.97. The number of hydrazone groups is 1. The summed E-state index contributed by atoms with van der Waals surface area (Å²) in [7, 11) is 0. The van der Waals surface area contributed by atoms with Gasteiger partial charge in [-0.05, 0) is 11.0 Å². The zero-order chi connectivity index (χ0) is 13.7. The highest BCUT2D eigenvalue weighted by atomic mass is 16.6. The Balaban J connectivity index is 3.05. The molecule has 0 aliphatic carbocycles. The molecule has 94 valence electrons. The van der Waals surface area contributed by atoms with E-state index in [0.717, 1.165) is 6.07 Å². The lowest BCUT2D eigenvalue weighted by atomic mass is 10.3. The van der Waals surface area contributed by atoms with Gasteiger partial charge in [-0.15, -0.1) is 0 Å². The minimum Gasteiger partial charge on any atom is -0.472 e. The van der Waals surface area contributed by atoms with Crippen molar-refractivity contribution in [2.24, 2.45) is 5.10 Å². The quantitative estimate of drug-likeness (QED) is 0.348. The third-order valence-corrected chi connectivity index (χ3v) is 1.75. The van der Waals surface area contributed by atoms with Crippen molar-refractivity contribution in [3.8, 4) is 0 Å². The molecule has 0 aliphatic heterocycles. The second-order valence-electron chi connectivity index (χ2n) is 2.88. The van der Waals surface area contributed by atoms with Crippen LogP contribution in [-0.2, 0) is 4.79 Å². The van der Waals surface area contributed by atoms with Crippen molar-refractivity contribution in [2.75, 3.05) is 5.43 Å². The van der Waals surface area contributed by atoms with Crippen LogP contribution in [-0.4, -0.2) is 26.8 Å². The van der Waals surface area contributed by atoms with E-state index in [1.165, 1.54) is 18.2 Å². The van der Waals surface area contributed by atoms with E-state index in [4.69, 9.17) is 5.11 Å². The smallest absolute Gasteiger partial charge is 0.472 e. The SMILES string of the molecule is O=C(O)C(=NNc1ccccc1[N+](=O)[O-])[N+](=O)[O-]. The topological polar surface area (TPSA) is 148 Å². The summed E-state index contributed by atoms with van der Waals surface area (Å²) >= 11 is 0. The third-order valence-electron chi connectivity index (χ3n) is 1.75. The van der Waals surface area contributed by atoms with Gasteiger partial charge < -0.3 is 15.2 Å². The molecule has 0 unspecified atom stereocenters. The van der Waals surface area contributed by atoms with Gasteiger partial charge in [-0.25, -0.2) is 4.79 Å². The number of carboxylic acid groups (broad SMARTS) is 1. The number of para-hydroxylation sites is 2. The number of nitrogens with zero attached hydrogens (tertiary/aromatic N) is 3. The van der Waals surface area contributed by atoms with Crippen LogP contribution in [0.3, 0.4) is 0 Å². The van der Waals surface area contributed by atoms with Crippen molar-refractivity contribution in [2.45, 2.75) is 0 Å². The van der Waals surface area contributed by atoms with E-state index in [1.54, 1.807) is 0 Å². The largest absolute Gasteiger partial charge is 0.473 e. The van der Waals surface area contributed by atoms with Crippen LogP contribution in [0.5, 0.6) is 0 Å². The number of nitrogens with one attached hydrogen (secondary N) is 1. The Morgan fingerprint density at radius 3 is 2.39 bits per heavy atom. The van der Waals surface area contributed by atoms with Crippen molar-refractivity contribution in [3.05, 3.63) is 44.5 Å². The van der Waals surface area contributed by atoms with Crippen molar-refractivity contribution >= 4 is 23.2 Å². The molecule has 10 nitrogen and oxygen atoms in total. The fraction of sp³-hybridized carbons (Fsp3) is 0. The minimum absolute atomic E-state index is 0.150. The number of hydrogen-bond donors (Lipinski definition) is 2. The Morgan fingerprint density at radius 1 is 1.28 bits per heavy atom. The number of nitro groups is 2. The predicted molar refractivity (Wildman–Crippen MR) is 58.8 cm³/mol. The maximum Gasteiger partial charge on any atom is 0.473 e. The maximum absolute atomic E-state index is 10.6. The van der Waals surface area contributed by atoms with Crippen LogP contribution in [0.2, 0.25) is 0 Å². The van der Waals surface area contributed by atoms with Gasteiger partial charge in [-0.3, -0.25) is 10.1 Å². The standard InChI is InChI=1S/C8H6N4O6/c13-8(14)7(12(17)18)10-9-5-3-1-2-4-6(5)11(15)16/h1-4,9H,(H,13,14). The Kier molecular flexibility index (Phi) is 3.86. The second kappa shape index (κ2) is 5.34. The molecule has 0 fully saturated rings. The molecule has 0 aromatic heterocycles. The lowest BCUT2D eigenvalue weighted by Crippen LogP contribution is -2.23. The molecule has 0 heterocycles. The normalized spacial score (nSPS) is 10.8. The first-order valence-electron chi connectivity index (χ1n) is 4.38. The second-order valence-corrected chi connectivity index (χ2v) is 2.88. The number of carboxylic acids is 1. The molecule has 0 amide bonds. The number of amidine groups is 1. The van der Waals surface area contributed by atoms with E-state index in [2.05, 4.69) is 5.10 Å². The molecule has 0 saturated heterocycles. The molecular formula is C8H6N4O6. The first kappa shape index (κ1) is 13.0. The van der Waals surface area contributed by atoms with E-state index < -0.39 is 21.7 Å². The first-order chi connectivity index (χ1) is 8.43. The molecule has 10 heteroatoms. The van der Waals surface area contributed by atoms with Gasteiger partial charge in [0.05, 0.1) is 10.0 Å². The Labute approximate surface area is 98.8 Å². The molecule has 0 bridgehead atoms. The number of anilines is 1. The van der Waals surface area contributed by atoms with Gasteiger partial charge in [0.15, 0.2) is 5.69 Å². The van der Waals surface area contributed by atoms with Crippen LogP contribution in [0, 0.1) is 20.2 Å². The van der Waals surface area contributed by atoms with E-state index in [0.29, 0.717) is 0 Å². The van der Waals surface area contributed by atoms with Crippen LogP contribution in [0.15, 0.2) is 29.4 Å². The van der Waals surface area contributed by atoms with E-state index in [-0.39, 0.29) is 11.4 Å². The van der Waals surface area contributed by atoms with Crippen molar-refractivity contribution in [3.63, 3.8) is 0 Å². The zero-order valence-corrected chi connectivity index (χ0v) is 8.64. The lowest BCUT2D eigenvalue weighted by molar-refractivity contribution is -0.384. The summed E-state index contributed by atoms with van der Waals surface area (Å²) in [4.78, 5) is 29.4. The molecule has 2 N–H and O–H groups in total. The van der Waals surface area contributed by atoms with Crippen LogP contribution in [0.1, 0.15) is 0 Å². The zero-order valence-electron chi connectivity index (χ0n) is 8.64. The van der Waals surface area contributed by atoms with E-state index in [9.17, 15) is 25.0 Å². The number of hydrogen-bond acceptors (Lipinski definition) is 7. The summed E-state index contributed by atoms with van der Waals surface area (Å²) < 4.78 is 0. The third kappa shape index (κ3) is 2.98. The first-order valence-corrected chi connectivity index (χ1v) is 4.38. The summed E-state index contributed by atoms with van der Waals surface area (Å²) in [5.41, 5.74) is 1.45. The average molecular weight is 254 g/mol. The number of carbonyl (C=O) groups is 1. The molecule has 0 spiro atoms. The highest BCUT2D eigenvalue weighted by Crippen LogP contribution is 2.22. The summed E-state index contributed by atoms with van der Waals surface area (Å²) in [6, 6.07) is 5.20. The average Bonchev–Trinajstić information content (AvgIpc) is 2.28. The molecular weight excluding hydrogens is 248 g/mol. The highest BCUT2D eigenvalue weighted by Gasteiger charge is 2.24. The van der Waals surface area contributed by atoms with Gasteiger partial charge >= 0.3 is 11.8 Å². The van der Waals surface area contributed by atoms with Gasteiger partial charge in [0, 0.05) is 6.07 Å². The Hall–Kier alpha value is -3.04. The summed E-state index contributed by atoms with van der Waals surface area (Å²) in [6.07, 6.45) is 0. The molecule has 0 radical (unpaired) electrons. The maximum atomic E-state index is 10.6. The van der Waals surface area contributed by atoms with Crippen LogP contribution in [0.25, 0.3) is 0 Å².